The minimum atomic E-state index is -0.347. The number of fused-ring (bicyclic) bond motifs is 1. The smallest absolute Gasteiger partial charge is 0.226 e. The summed E-state index contributed by atoms with van der Waals surface area (Å²) in [7, 11) is 0. The Morgan fingerprint density at radius 1 is 0.591 bits per heavy atom. The first-order chi connectivity index (χ1) is 10.8. The molecule has 4 nitrogen and oxygen atoms in total. The van der Waals surface area contributed by atoms with E-state index in [2.05, 4.69) is 10.6 Å². The summed E-state index contributed by atoms with van der Waals surface area (Å²) in [5.74, 6) is -0.794. The normalized spacial score (nSPS) is 29.8. The fourth-order valence-corrected chi connectivity index (χ4v) is 3.62. The van der Waals surface area contributed by atoms with E-state index in [9.17, 15) is 9.59 Å². The maximum atomic E-state index is 12.5. The van der Waals surface area contributed by atoms with Gasteiger partial charge in [-0.05, 0) is 11.1 Å². The average Bonchev–Trinajstić information content (AvgIpc) is 3.09. The Hall–Kier alpha value is -2.62. The van der Waals surface area contributed by atoms with Gasteiger partial charge in [-0.15, -0.1) is 0 Å². The minimum Gasteiger partial charge on any atom is -0.348 e. The highest BCUT2D eigenvalue weighted by molar-refractivity contribution is 5.96. The molecule has 0 aliphatic carbocycles. The van der Waals surface area contributed by atoms with E-state index < -0.39 is 0 Å². The van der Waals surface area contributed by atoms with Crippen molar-refractivity contribution in [1.82, 2.24) is 10.6 Å². The van der Waals surface area contributed by atoms with Gasteiger partial charge in [0.05, 0.1) is 23.9 Å². The summed E-state index contributed by atoms with van der Waals surface area (Å²) >= 11 is 0. The van der Waals surface area contributed by atoms with E-state index in [4.69, 9.17) is 0 Å². The molecule has 2 aliphatic rings. The standard InChI is InChI=1S/C18H16N2O2/c21-17-13-14(16(20-17)12-9-5-2-6-10-12)18(22)19-15(13)11-7-3-1-4-8-11/h1-10,13-16H,(H,19,22)(H,20,21). The van der Waals surface area contributed by atoms with Crippen molar-refractivity contribution in [1.29, 1.82) is 0 Å². The number of carbonyl (C=O) groups is 2. The lowest BCUT2D eigenvalue weighted by Gasteiger charge is -2.15. The van der Waals surface area contributed by atoms with Gasteiger partial charge in [-0.1, -0.05) is 60.7 Å². The molecule has 0 aromatic heterocycles. The van der Waals surface area contributed by atoms with Crippen molar-refractivity contribution >= 4 is 11.8 Å². The van der Waals surface area contributed by atoms with E-state index in [1.165, 1.54) is 0 Å². The molecule has 22 heavy (non-hydrogen) atoms. The van der Waals surface area contributed by atoms with E-state index in [1.54, 1.807) is 0 Å². The molecule has 2 heterocycles. The first-order valence-electron chi connectivity index (χ1n) is 7.46. The Morgan fingerprint density at radius 3 is 1.32 bits per heavy atom. The van der Waals surface area contributed by atoms with Crippen LogP contribution in [0.5, 0.6) is 0 Å². The fourth-order valence-electron chi connectivity index (χ4n) is 3.62. The van der Waals surface area contributed by atoms with E-state index in [0.29, 0.717) is 0 Å². The molecule has 0 saturated carbocycles. The molecular formula is C18H16N2O2. The lowest BCUT2D eigenvalue weighted by Crippen LogP contribution is -2.32. The summed E-state index contributed by atoms with van der Waals surface area (Å²) in [6.07, 6.45) is 0. The molecule has 4 rings (SSSR count). The molecule has 4 atom stereocenters. The van der Waals surface area contributed by atoms with Gasteiger partial charge in [0, 0.05) is 0 Å². The van der Waals surface area contributed by atoms with E-state index in [0.717, 1.165) is 11.1 Å². The summed E-state index contributed by atoms with van der Waals surface area (Å²) in [5, 5.41) is 6.01. The second-order valence-corrected chi connectivity index (χ2v) is 5.85. The molecule has 0 radical (unpaired) electrons. The Balaban J connectivity index is 1.71. The van der Waals surface area contributed by atoms with Gasteiger partial charge < -0.3 is 10.6 Å². The van der Waals surface area contributed by atoms with Crippen molar-refractivity contribution in [3.63, 3.8) is 0 Å². The summed E-state index contributed by atoms with van der Waals surface area (Å²) in [6.45, 7) is 0. The summed E-state index contributed by atoms with van der Waals surface area (Å²) in [4.78, 5) is 24.9. The van der Waals surface area contributed by atoms with Gasteiger partial charge in [0.1, 0.15) is 0 Å². The Kier molecular flexibility index (Phi) is 2.96. The van der Waals surface area contributed by atoms with Crippen LogP contribution in [-0.2, 0) is 9.59 Å². The summed E-state index contributed by atoms with van der Waals surface area (Å²) in [6, 6.07) is 18.9. The predicted octanol–water partition coefficient (Wildman–Crippen LogP) is 1.96. The van der Waals surface area contributed by atoms with Crippen LogP contribution in [-0.4, -0.2) is 11.8 Å². The topological polar surface area (TPSA) is 58.2 Å². The number of carbonyl (C=O) groups excluding carboxylic acids is 2. The average molecular weight is 292 g/mol. The fraction of sp³-hybridized carbons (Fsp3) is 0.222. The maximum Gasteiger partial charge on any atom is 0.226 e. The van der Waals surface area contributed by atoms with Crippen molar-refractivity contribution in [2.75, 3.05) is 0 Å². The van der Waals surface area contributed by atoms with Gasteiger partial charge in [-0.3, -0.25) is 9.59 Å². The third kappa shape index (κ3) is 1.91. The Bertz CT molecular complexity index is 651. The molecule has 2 N–H and O–H groups in total. The zero-order valence-corrected chi connectivity index (χ0v) is 11.9. The molecule has 0 spiro atoms. The van der Waals surface area contributed by atoms with Crippen LogP contribution in [0.1, 0.15) is 23.2 Å². The van der Waals surface area contributed by atoms with Crippen LogP contribution in [0.15, 0.2) is 60.7 Å². The number of hydrogen-bond donors (Lipinski definition) is 2. The first kappa shape index (κ1) is 13.1. The monoisotopic (exact) mass is 292 g/mol. The van der Waals surface area contributed by atoms with Crippen LogP contribution in [0.3, 0.4) is 0 Å². The highest BCUT2D eigenvalue weighted by Gasteiger charge is 2.55. The largest absolute Gasteiger partial charge is 0.348 e. The zero-order chi connectivity index (χ0) is 15.1. The van der Waals surface area contributed by atoms with Crippen molar-refractivity contribution in [2.24, 2.45) is 11.8 Å². The van der Waals surface area contributed by atoms with Crippen LogP contribution in [0.4, 0.5) is 0 Å². The molecule has 2 saturated heterocycles. The molecule has 4 heteroatoms. The number of hydrogen-bond acceptors (Lipinski definition) is 2. The molecule has 2 aromatic carbocycles. The third-order valence-corrected chi connectivity index (χ3v) is 4.62. The lowest BCUT2D eigenvalue weighted by molar-refractivity contribution is -0.125. The molecule has 2 aliphatic heterocycles. The third-order valence-electron chi connectivity index (χ3n) is 4.62. The molecule has 4 unspecified atom stereocenters. The van der Waals surface area contributed by atoms with Gasteiger partial charge >= 0.3 is 0 Å². The van der Waals surface area contributed by atoms with Crippen molar-refractivity contribution in [3.8, 4) is 0 Å². The van der Waals surface area contributed by atoms with Crippen molar-refractivity contribution < 1.29 is 9.59 Å². The molecule has 2 fully saturated rings. The van der Waals surface area contributed by atoms with E-state index >= 15 is 0 Å². The molecular weight excluding hydrogens is 276 g/mol. The van der Waals surface area contributed by atoms with Gasteiger partial charge in [0.2, 0.25) is 11.8 Å². The first-order valence-corrected chi connectivity index (χ1v) is 7.46. The number of amides is 2. The van der Waals surface area contributed by atoms with Gasteiger partial charge in [-0.25, -0.2) is 0 Å². The SMILES string of the molecule is O=C1NC(c2ccccc2)C2C(=O)NC(c3ccccc3)C12. The molecule has 0 bridgehead atoms. The Morgan fingerprint density at radius 2 is 0.955 bits per heavy atom. The predicted molar refractivity (Wildman–Crippen MR) is 81.6 cm³/mol. The van der Waals surface area contributed by atoms with Crippen molar-refractivity contribution in [2.45, 2.75) is 12.1 Å². The maximum absolute atomic E-state index is 12.5. The minimum absolute atomic E-state index is 0.0499. The van der Waals surface area contributed by atoms with Gasteiger partial charge in [-0.2, -0.15) is 0 Å². The van der Waals surface area contributed by atoms with Crippen LogP contribution in [0, 0.1) is 11.8 Å². The molecule has 110 valence electrons. The molecule has 2 aromatic rings. The van der Waals surface area contributed by atoms with Crippen LogP contribution >= 0.6 is 0 Å². The van der Waals surface area contributed by atoms with Crippen LogP contribution in [0.25, 0.3) is 0 Å². The quantitative estimate of drug-likeness (QED) is 0.889. The summed E-state index contributed by atoms with van der Waals surface area (Å²) < 4.78 is 0. The van der Waals surface area contributed by atoms with Crippen LogP contribution in [0.2, 0.25) is 0 Å². The number of benzene rings is 2. The highest BCUT2D eigenvalue weighted by Crippen LogP contribution is 2.45. The zero-order valence-electron chi connectivity index (χ0n) is 11.9. The molecule has 2 amide bonds. The van der Waals surface area contributed by atoms with Crippen molar-refractivity contribution in [3.05, 3.63) is 71.8 Å². The van der Waals surface area contributed by atoms with Gasteiger partial charge in [0.15, 0.2) is 0 Å². The Labute approximate surface area is 128 Å². The number of nitrogens with one attached hydrogen (secondary N) is 2. The van der Waals surface area contributed by atoms with E-state index in [1.807, 2.05) is 60.7 Å². The second kappa shape index (κ2) is 4.98. The van der Waals surface area contributed by atoms with E-state index in [-0.39, 0.29) is 35.7 Å². The second-order valence-electron chi connectivity index (χ2n) is 5.85. The summed E-state index contributed by atoms with van der Waals surface area (Å²) in [5.41, 5.74) is 1.96. The number of rotatable bonds is 2. The lowest BCUT2D eigenvalue weighted by atomic mass is 9.84. The van der Waals surface area contributed by atoms with Crippen LogP contribution < -0.4 is 10.6 Å². The highest BCUT2D eigenvalue weighted by atomic mass is 16.2. The van der Waals surface area contributed by atoms with Gasteiger partial charge in [0.25, 0.3) is 0 Å².